The lowest BCUT2D eigenvalue weighted by molar-refractivity contribution is 0.188. The summed E-state index contributed by atoms with van der Waals surface area (Å²) in [6, 6.07) is 5.41. The van der Waals surface area contributed by atoms with Crippen LogP contribution < -0.4 is 4.74 Å². The van der Waals surface area contributed by atoms with E-state index in [0.29, 0.717) is 58.3 Å². The molecule has 11 heteroatoms. The molecule has 2 aliphatic rings. The Bertz CT molecular complexity index is 1480. The number of fused-ring (bicyclic) bond motifs is 3. The molecule has 0 amide bonds. The number of halogens is 1. The van der Waals surface area contributed by atoms with E-state index < -0.39 is 16.1 Å². The molecule has 5 heterocycles. The molecule has 0 saturated heterocycles. The van der Waals surface area contributed by atoms with Gasteiger partial charge in [-0.15, -0.1) is 0 Å². The average Bonchev–Trinajstić information content (AvgIpc) is 3.48. The third kappa shape index (κ3) is 3.09. The molecule has 1 unspecified atom stereocenters. The van der Waals surface area contributed by atoms with E-state index in [0.717, 1.165) is 16.8 Å². The molecule has 0 saturated carbocycles. The molecule has 0 radical (unpaired) electrons. The topological polar surface area (TPSA) is 112 Å². The van der Waals surface area contributed by atoms with Gasteiger partial charge in [0.05, 0.1) is 18.2 Å². The lowest BCUT2D eigenvalue weighted by atomic mass is 10.0. The summed E-state index contributed by atoms with van der Waals surface area (Å²) in [6.07, 6.45) is 4.80. The van der Waals surface area contributed by atoms with Gasteiger partial charge in [-0.1, -0.05) is 16.8 Å². The summed E-state index contributed by atoms with van der Waals surface area (Å²) < 4.78 is 43.1. The predicted molar refractivity (Wildman–Crippen MR) is 115 cm³/mol. The third-order valence-corrected chi connectivity index (χ3v) is 7.36. The van der Waals surface area contributed by atoms with Gasteiger partial charge in [-0.05, 0) is 12.1 Å². The fourth-order valence-electron chi connectivity index (χ4n) is 4.37. The van der Waals surface area contributed by atoms with Gasteiger partial charge < -0.3 is 13.7 Å². The molecule has 0 spiro atoms. The number of hydrogen-bond acceptors (Lipinski definition) is 8. The van der Waals surface area contributed by atoms with Crippen molar-refractivity contribution in [3.05, 3.63) is 58.4 Å². The molecule has 0 aliphatic carbocycles. The highest BCUT2D eigenvalue weighted by atomic mass is 35.5. The monoisotopic (exact) mass is 472 g/mol. The summed E-state index contributed by atoms with van der Waals surface area (Å²) in [7, 11) is -3.32. The minimum absolute atomic E-state index is 0.218. The summed E-state index contributed by atoms with van der Waals surface area (Å²) in [5.74, 6) is 1.18. The third-order valence-electron chi connectivity index (χ3n) is 5.89. The van der Waals surface area contributed by atoms with Crippen molar-refractivity contribution in [3.8, 4) is 17.0 Å². The van der Waals surface area contributed by atoms with Crippen molar-refractivity contribution in [2.24, 2.45) is 0 Å². The smallest absolute Gasteiger partial charge is 0.211 e. The van der Waals surface area contributed by atoms with E-state index in [-0.39, 0.29) is 6.54 Å². The second-order valence-corrected chi connectivity index (χ2v) is 10.3. The molecule has 164 valence electrons. The molecule has 4 aromatic rings. The Morgan fingerprint density at radius 2 is 2.12 bits per heavy atom. The van der Waals surface area contributed by atoms with E-state index in [1.54, 1.807) is 18.4 Å². The Morgan fingerprint density at radius 1 is 1.25 bits per heavy atom. The Hall–Kier alpha value is -2.95. The SMILES string of the molecule is CS(=O)(=O)N1CCc2noc(C3Cc4cc(Cl)cc(-c5ncnc6ccoc56)c4O3)c2C1. The van der Waals surface area contributed by atoms with E-state index >= 15 is 0 Å². The molecule has 1 aromatic carbocycles. The highest BCUT2D eigenvalue weighted by molar-refractivity contribution is 7.88. The first kappa shape index (κ1) is 19.7. The summed E-state index contributed by atoms with van der Waals surface area (Å²) in [5, 5.41) is 4.72. The number of benzene rings is 1. The van der Waals surface area contributed by atoms with Crippen LogP contribution in [0.2, 0.25) is 5.02 Å². The van der Waals surface area contributed by atoms with E-state index in [9.17, 15) is 8.42 Å². The number of hydrogen-bond donors (Lipinski definition) is 0. The Morgan fingerprint density at radius 3 is 2.97 bits per heavy atom. The van der Waals surface area contributed by atoms with Crippen molar-refractivity contribution >= 4 is 32.7 Å². The first-order valence-corrected chi connectivity index (χ1v) is 12.2. The number of ether oxygens (including phenoxy) is 1. The summed E-state index contributed by atoms with van der Waals surface area (Å²) in [4.78, 5) is 8.63. The van der Waals surface area contributed by atoms with E-state index in [1.807, 2.05) is 6.07 Å². The molecule has 0 fully saturated rings. The maximum absolute atomic E-state index is 12.1. The molecular formula is C21H17ClN4O5S. The Labute approximate surface area is 188 Å². The van der Waals surface area contributed by atoms with Crippen LogP contribution in [0.1, 0.15) is 28.7 Å². The number of aromatic nitrogens is 3. The van der Waals surface area contributed by atoms with Gasteiger partial charge >= 0.3 is 0 Å². The number of nitrogens with zero attached hydrogens (tertiary/aromatic N) is 4. The van der Waals surface area contributed by atoms with E-state index in [1.165, 1.54) is 16.9 Å². The van der Waals surface area contributed by atoms with Gasteiger partial charge in [0.1, 0.15) is 23.3 Å². The second kappa shape index (κ2) is 7.03. The maximum atomic E-state index is 12.1. The molecule has 1 atom stereocenters. The second-order valence-electron chi connectivity index (χ2n) is 7.93. The standard InChI is InChI=1S/C21H17ClN4O5S/c1-32(27,28)26-4-2-15-14(9-26)20(31-25-15)17-7-11-6-12(22)8-13(19(11)30-17)18-21-16(3-5-29-21)23-10-24-18/h3,5-6,8,10,17H,2,4,7,9H2,1H3. The highest BCUT2D eigenvalue weighted by Crippen LogP contribution is 2.46. The van der Waals surface area contributed by atoms with Crippen LogP contribution in [0.25, 0.3) is 22.4 Å². The largest absolute Gasteiger partial charge is 0.481 e. The fraction of sp³-hybridized carbons (Fsp3) is 0.286. The van der Waals surface area contributed by atoms with Crippen LogP contribution in [0, 0.1) is 0 Å². The van der Waals surface area contributed by atoms with Gasteiger partial charge in [-0.2, -0.15) is 4.31 Å². The Balaban J connectivity index is 1.40. The number of rotatable bonds is 3. The van der Waals surface area contributed by atoms with Crippen molar-refractivity contribution in [2.75, 3.05) is 12.8 Å². The normalized spacial score (nSPS) is 18.5. The molecular weight excluding hydrogens is 456 g/mol. The van der Waals surface area contributed by atoms with Gasteiger partial charge in [0.2, 0.25) is 10.0 Å². The summed E-state index contributed by atoms with van der Waals surface area (Å²) in [5.41, 5.74) is 4.95. The molecule has 2 aliphatic heterocycles. The summed E-state index contributed by atoms with van der Waals surface area (Å²) in [6.45, 7) is 0.603. The zero-order chi connectivity index (χ0) is 22.0. The van der Waals surface area contributed by atoms with Gasteiger partial charge in [-0.3, -0.25) is 0 Å². The molecule has 9 nitrogen and oxygen atoms in total. The van der Waals surface area contributed by atoms with Crippen LogP contribution in [-0.4, -0.2) is 40.6 Å². The van der Waals surface area contributed by atoms with Crippen LogP contribution in [0.3, 0.4) is 0 Å². The lowest BCUT2D eigenvalue weighted by Crippen LogP contribution is -2.35. The van der Waals surface area contributed by atoms with Crippen LogP contribution in [0.4, 0.5) is 0 Å². The molecule has 0 N–H and O–H groups in total. The molecule has 32 heavy (non-hydrogen) atoms. The van der Waals surface area contributed by atoms with Crippen molar-refractivity contribution in [2.45, 2.75) is 25.5 Å². The van der Waals surface area contributed by atoms with Crippen molar-refractivity contribution < 1.29 is 22.1 Å². The predicted octanol–water partition coefficient (Wildman–Crippen LogP) is 3.53. The molecule has 3 aromatic heterocycles. The molecule has 0 bridgehead atoms. The van der Waals surface area contributed by atoms with Crippen LogP contribution >= 0.6 is 11.6 Å². The van der Waals surface area contributed by atoms with Crippen LogP contribution in [0.5, 0.6) is 5.75 Å². The first-order valence-electron chi connectivity index (χ1n) is 9.98. The lowest BCUT2D eigenvalue weighted by Gasteiger charge is -2.24. The van der Waals surface area contributed by atoms with Gasteiger partial charge in [0.25, 0.3) is 0 Å². The van der Waals surface area contributed by atoms with Crippen molar-refractivity contribution in [1.82, 2.24) is 19.4 Å². The van der Waals surface area contributed by atoms with Crippen molar-refractivity contribution in [1.29, 1.82) is 0 Å². The molecule has 6 rings (SSSR count). The quantitative estimate of drug-likeness (QED) is 0.445. The van der Waals surface area contributed by atoms with Gasteiger partial charge in [0.15, 0.2) is 17.4 Å². The average molecular weight is 473 g/mol. The fourth-order valence-corrected chi connectivity index (χ4v) is 5.40. The van der Waals surface area contributed by atoms with Gasteiger partial charge in [0, 0.05) is 53.7 Å². The highest BCUT2D eigenvalue weighted by Gasteiger charge is 2.37. The van der Waals surface area contributed by atoms with E-state index in [4.69, 9.17) is 25.3 Å². The minimum Gasteiger partial charge on any atom is -0.481 e. The number of furan rings is 1. The maximum Gasteiger partial charge on any atom is 0.211 e. The summed E-state index contributed by atoms with van der Waals surface area (Å²) >= 11 is 6.42. The first-order chi connectivity index (χ1) is 15.4. The zero-order valence-electron chi connectivity index (χ0n) is 16.9. The number of sulfonamides is 1. The minimum atomic E-state index is -3.32. The van der Waals surface area contributed by atoms with Crippen LogP contribution in [0.15, 0.2) is 39.7 Å². The zero-order valence-corrected chi connectivity index (χ0v) is 18.5. The van der Waals surface area contributed by atoms with Crippen LogP contribution in [-0.2, 0) is 29.4 Å². The van der Waals surface area contributed by atoms with Gasteiger partial charge in [-0.25, -0.2) is 18.4 Å². The van der Waals surface area contributed by atoms with Crippen molar-refractivity contribution in [3.63, 3.8) is 0 Å². The van der Waals surface area contributed by atoms with E-state index in [2.05, 4.69) is 15.1 Å². The Kier molecular flexibility index (Phi) is 4.33.